The Bertz CT molecular complexity index is 719. The molecule has 0 saturated heterocycles. The van der Waals surface area contributed by atoms with Crippen LogP contribution in [0, 0.1) is 0 Å². The molecule has 0 aliphatic carbocycles. The van der Waals surface area contributed by atoms with E-state index >= 15 is 0 Å². The first-order valence-electron chi connectivity index (χ1n) is 5.58. The Balaban J connectivity index is 2.45. The first-order valence-corrected chi connectivity index (χ1v) is 7.47. The van der Waals surface area contributed by atoms with Crippen LogP contribution in [0.2, 0.25) is 0 Å². The van der Waals surface area contributed by atoms with Crippen molar-refractivity contribution >= 4 is 15.7 Å². The standard InChI is InChI=1S/C14H13NO3S/c1-19(17,18)13-4-2-3-12(9-13)10-5-7-11(8-6-10)14(15)16/h2-9H,1H3,(H2,15,16). The van der Waals surface area contributed by atoms with Gasteiger partial charge in [0, 0.05) is 11.8 Å². The molecule has 2 rings (SSSR count). The van der Waals surface area contributed by atoms with Crippen molar-refractivity contribution in [2.75, 3.05) is 6.26 Å². The third-order valence-corrected chi connectivity index (χ3v) is 3.88. The molecule has 0 aromatic heterocycles. The minimum Gasteiger partial charge on any atom is -0.366 e. The summed E-state index contributed by atoms with van der Waals surface area (Å²) in [7, 11) is -3.23. The van der Waals surface area contributed by atoms with Gasteiger partial charge in [0.05, 0.1) is 4.90 Å². The molecule has 2 aromatic rings. The summed E-state index contributed by atoms with van der Waals surface area (Å²) in [4.78, 5) is 11.2. The second-order valence-corrected chi connectivity index (χ2v) is 6.26. The van der Waals surface area contributed by atoms with Gasteiger partial charge in [-0.25, -0.2) is 8.42 Å². The van der Waals surface area contributed by atoms with Crippen LogP contribution in [-0.4, -0.2) is 20.6 Å². The minimum atomic E-state index is -3.23. The number of primary amides is 1. The topological polar surface area (TPSA) is 77.2 Å². The van der Waals surface area contributed by atoms with E-state index in [-0.39, 0.29) is 4.90 Å². The predicted molar refractivity (Wildman–Crippen MR) is 73.5 cm³/mol. The van der Waals surface area contributed by atoms with Gasteiger partial charge in [0.25, 0.3) is 0 Å². The van der Waals surface area contributed by atoms with Crippen LogP contribution in [-0.2, 0) is 9.84 Å². The lowest BCUT2D eigenvalue weighted by atomic mass is 10.0. The first-order chi connectivity index (χ1) is 8.88. The zero-order valence-electron chi connectivity index (χ0n) is 10.3. The Hall–Kier alpha value is -2.14. The van der Waals surface area contributed by atoms with E-state index in [4.69, 9.17) is 5.73 Å². The van der Waals surface area contributed by atoms with E-state index in [0.29, 0.717) is 5.56 Å². The molecule has 2 N–H and O–H groups in total. The molecule has 19 heavy (non-hydrogen) atoms. The number of hydrogen-bond donors (Lipinski definition) is 1. The second kappa shape index (κ2) is 4.85. The average molecular weight is 275 g/mol. The molecule has 0 spiro atoms. The molecular weight excluding hydrogens is 262 g/mol. The van der Waals surface area contributed by atoms with Crippen LogP contribution in [0.1, 0.15) is 10.4 Å². The zero-order chi connectivity index (χ0) is 14.0. The van der Waals surface area contributed by atoms with Gasteiger partial charge in [0.15, 0.2) is 9.84 Å². The van der Waals surface area contributed by atoms with Crippen molar-refractivity contribution in [3.05, 3.63) is 54.1 Å². The van der Waals surface area contributed by atoms with Crippen molar-refractivity contribution in [2.45, 2.75) is 4.90 Å². The van der Waals surface area contributed by atoms with E-state index in [1.807, 2.05) is 6.07 Å². The number of rotatable bonds is 3. The molecule has 0 heterocycles. The highest BCUT2D eigenvalue weighted by Crippen LogP contribution is 2.22. The van der Waals surface area contributed by atoms with Crippen molar-refractivity contribution in [3.8, 4) is 11.1 Å². The second-order valence-electron chi connectivity index (χ2n) is 4.24. The summed E-state index contributed by atoms with van der Waals surface area (Å²) in [5.74, 6) is -0.489. The molecule has 0 atom stereocenters. The number of nitrogens with two attached hydrogens (primary N) is 1. The fourth-order valence-electron chi connectivity index (χ4n) is 1.73. The molecule has 5 heteroatoms. The number of amides is 1. The maximum absolute atomic E-state index is 11.5. The lowest BCUT2D eigenvalue weighted by molar-refractivity contribution is 0.100. The van der Waals surface area contributed by atoms with Gasteiger partial charge in [0.1, 0.15) is 0 Å². The fraction of sp³-hybridized carbons (Fsp3) is 0.0714. The molecular formula is C14H13NO3S. The number of hydrogen-bond acceptors (Lipinski definition) is 3. The summed E-state index contributed by atoms with van der Waals surface area (Å²) in [6.45, 7) is 0. The lowest BCUT2D eigenvalue weighted by Crippen LogP contribution is -2.10. The van der Waals surface area contributed by atoms with Crippen LogP contribution in [0.3, 0.4) is 0 Å². The largest absolute Gasteiger partial charge is 0.366 e. The fourth-order valence-corrected chi connectivity index (χ4v) is 2.40. The highest BCUT2D eigenvalue weighted by atomic mass is 32.2. The molecule has 4 nitrogen and oxygen atoms in total. The van der Waals surface area contributed by atoms with Crippen LogP contribution >= 0.6 is 0 Å². The average Bonchev–Trinajstić information content (AvgIpc) is 2.38. The van der Waals surface area contributed by atoms with E-state index < -0.39 is 15.7 Å². The summed E-state index contributed by atoms with van der Waals surface area (Å²) >= 11 is 0. The molecule has 0 unspecified atom stereocenters. The molecule has 0 aliphatic rings. The Labute approximate surface area is 111 Å². The highest BCUT2D eigenvalue weighted by molar-refractivity contribution is 7.90. The Kier molecular flexibility index (Phi) is 3.40. The molecule has 0 saturated carbocycles. The summed E-state index contributed by atoms with van der Waals surface area (Å²) in [6.07, 6.45) is 1.17. The summed E-state index contributed by atoms with van der Waals surface area (Å²) < 4.78 is 23.0. The van der Waals surface area contributed by atoms with E-state index in [9.17, 15) is 13.2 Å². The van der Waals surface area contributed by atoms with Crippen LogP contribution < -0.4 is 5.73 Å². The normalized spacial score (nSPS) is 11.2. The van der Waals surface area contributed by atoms with Gasteiger partial charge in [-0.2, -0.15) is 0 Å². The number of carbonyl (C=O) groups excluding carboxylic acids is 1. The Morgan fingerprint density at radius 1 is 1.00 bits per heavy atom. The molecule has 1 amide bonds. The van der Waals surface area contributed by atoms with Gasteiger partial charge in [-0.05, 0) is 35.4 Å². The summed E-state index contributed by atoms with van der Waals surface area (Å²) in [5.41, 5.74) is 7.19. The van der Waals surface area contributed by atoms with E-state index in [0.717, 1.165) is 11.1 Å². The summed E-state index contributed by atoms with van der Waals surface area (Å²) in [6, 6.07) is 13.4. The van der Waals surface area contributed by atoms with Crippen molar-refractivity contribution in [3.63, 3.8) is 0 Å². The van der Waals surface area contributed by atoms with Gasteiger partial charge in [-0.1, -0.05) is 24.3 Å². The number of sulfone groups is 1. The molecule has 0 fully saturated rings. The third kappa shape index (κ3) is 3.00. The number of carbonyl (C=O) groups is 1. The van der Waals surface area contributed by atoms with Crippen LogP contribution in [0.5, 0.6) is 0 Å². The van der Waals surface area contributed by atoms with E-state index in [1.165, 1.54) is 6.26 Å². The van der Waals surface area contributed by atoms with Crippen molar-refractivity contribution in [1.82, 2.24) is 0 Å². The van der Waals surface area contributed by atoms with Gasteiger partial charge < -0.3 is 5.73 Å². The SMILES string of the molecule is CS(=O)(=O)c1cccc(-c2ccc(C(N)=O)cc2)c1. The van der Waals surface area contributed by atoms with Gasteiger partial charge >= 0.3 is 0 Å². The van der Waals surface area contributed by atoms with Crippen molar-refractivity contribution in [2.24, 2.45) is 5.73 Å². The predicted octanol–water partition coefficient (Wildman–Crippen LogP) is 1.86. The van der Waals surface area contributed by atoms with Crippen LogP contribution in [0.4, 0.5) is 0 Å². The third-order valence-electron chi connectivity index (χ3n) is 2.76. The Morgan fingerprint density at radius 2 is 1.63 bits per heavy atom. The van der Waals surface area contributed by atoms with E-state index in [2.05, 4.69) is 0 Å². The van der Waals surface area contributed by atoms with Gasteiger partial charge in [0.2, 0.25) is 5.91 Å². The van der Waals surface area contributed by atoms with E-state index in [1.54, 1.807) is 42.5 Å². The van der Waals surface area contributed by atoms with Gasteiger partial charge in [-0.3, -0.25) is 4.79 Å². The highest BCUT2D eigenvalue weighted by Gasteiger charge is 2.08. The van der Waals surface area contributed by atoms with Crippen LogP contribution in [0.25, 0.3) is 11.1 Å². The molecule has 0 aliphatic heterocycles. The molecule has 2 aromatic carbocycles. The molecule has 98 valence electrons. The number of benzene rings is 2. The van der Waals surface area contributed by atoms with Crippen LogP contribution in [0.15, 0.2) is 53.4 Å². The van der Waals surface area contributed by atoms with Crippen molar-refractivity contribution < 1.29 is 13.2 Å². The maximum atomic E-state index is 11.5. The summed E-state index contributed by atoms with van der Waals surface area (Å²) in [5, 5.41) is 0. The smallest absolute Gasteiger partial charge is 0.248 e. The quantitative estimate of drug-likeness (QED) is 0.928. The zero-order valence-corrected chi connectivity index (χ0v) is 11.1. The Morgan fingerprint density at radius 3 is 2.16 bits per heavy atom. The molecule has 0 radical (unpaired) electrons. The molecule has 0 bridgehead atoms. The first kappa shape index (κ1) is 13.3. The minimum absolute atomic E-state index is 0.268. The maximum Gasteiger partial charge on any atom is 0.248 e. The van der Waals surface area contributed by atoms with Gasteiger partial charge in [-0.15, -0.1) is 0 Å². The van der Waals surface area contributed by atoms with Crippen molar-refractivity contribution in [1.29, 1.82) is 0 Å². The lowest BCUT2D eigenvalue weighted by Gasteiger charge is -2.05. The monoisotopic (exact) mass is 275 g/mol.